The van der Waals surface area contributed by atoms with Crippen molar-refractivity contribution in [2.75, 3.05) is 5.32 Å². The fourth-order valence-corrected chi connectivity index (χ4v) is 2.33. The Kier molecular flexibility index (Phi) is 3.97. The smallest absolute Gasteiger partial charge is 0.324 e. The quantitative estimate of drug-likeness (QED) is 0.432. The Balaban J connectivity index is 1.62. The first-order chi connectivity index (χ1) is 11.1. The zero-order chi connectivity index (χ0) is 16.2. The molecule has 0 aliphatic heterocycles. The summed E-state index contributed by atoms with van der Waals surface area (Å²) in [7, 11) is 0. The lowest BCUT2D eigenvalue weighted by atomic mass is 10.4. The van der Waals surface area contributed by atoms with E-state index in [0.29, 0.717) is 10.6 Å². The molecule has 9 nitrogen and oxygen atoms in total. The van der Waals surface area contributed by atoms with Crippen LogP contribution in [0.1, 0.15) is 4.88 Å². The lowest BCUT2D eigenvalue weighted by Gasteiger charge is -1.93. The molecule has 23 heavy (non-hydrogen) atoms. The molecule has 0 spiro atoms. The number of anilines is 1. The molecule has 0 unspecified atom stereocenters. The highest BCUT2D eigenvalue weighted by atomic mass is 32.1. The molecule has 0 aliphatic rings. The topological polar surface area (TPSA) is 124 Å². The van der Waals surface area contributed by atoms with E-state index < -0.39 is 10.8 Å². The number of amides is 1. The van der Waals surface area contributed by atoms with Gasteiger partial charge in [0.1, 0.15) is 0 Å². The van der Waals surface area contributed by atoms with Crippen molar-refractivity contribution >= 4 is 34.3 Å². The van der Waals surface area contributed by atoms with E-state index in [1.54, 1.807) is 18.2 Å². The predicted molar refractivity (Wildman–Crippen MR) is 80.6 cm³/mol. The van der Waals surface area contributed by atoms with Crippen molar-refractivity contribution in [1.29, 1.82) is 0 Å². The molecule has 3 rings (SSSR count). The Morgan fingerprint density at radius 1 is 1.35 bits per heavy atom. The number of rotatable bonds is 5. The number of nitrogens with one attached hydrogen (secondary N) is 1. The van der Waals surface area contributed by atoms with Crippen molar-refractivity contribution in [3.8, 4) is 11.7 Å². The SMILES string of the molecule is O=C(/C=C/c1ccc([N+](=O)[O-])s1)Nc1nnc(-c2ccco2)o1. The van der Waals surface area contributed by atoms with Crippen LogP contribution in [0, 0.1) is 10.1 Å². The maximum atomic E-state index is 11.7. The summed E-state index contributed by atoms with van der Waals surface area (Å²) >= 11 is 0.962. The number of nitrogens with zero attached hydrogens (tertiary/aromatic N) is 3. The van der Waals surface area contributed by atoms with E-state index in [1.807, 2.05) is 0 Å². The number of thiophene rings is 1. The van der Waals surface area contributed by atoms with Crippen LogP contribution in [0.4, 0.5) is 11.0 Å². The van der Waals surface area contributed by atoms with Crippen LogP contribution in [0.2, 0.25) is 0 Å². The Labute approximate surface area is 132 Å². The first-order valence-corrected chi connectivity index (χ1v) is 7.04. The van der Waals surface area contributed by atoms with Crippen LogP contribution in [0.3, 0.4) is 0 Å². The van der Waals surface area contributed by atoms with Gasteiger partial charge in [0.15, 0.2) is 5.76 Å². The Morgan fingerprint density at radius 3 is 2.91 bits per heavy atom. The highest BCUT2D eigenvalue weighted by Gasteiger charge is 2.12. The van der Waals surface area contributed by atoms with Crippen LogP contribution in [0.25, 0.3) is 17.7 Å². The van der Waals surface area contributed by atoms with E-state index in [1.165, 1.54) is 24.5 Å². The average Bonchev–Trinajstić information content (AvgIpc) is 3.25. The average molecular weight is 332 g/mol. The van der Waals surface area contributed by atoms with Gasteiger partial charge in [0.2, 0.25) is 0 Å². The lowest BCUT2D eigenvalue weighted by molar-refractivity contribution is -0.380. The second-order valence-electron chi connectivity index (χ2n) is 4.15. The van der Waals surface area contributed by atoms with Gasteiger partial charge in [-0.1, -0.05) is 16.4 Å². The number of carbonyl (C=O) groups excluding carboxylic acids is 1. The third kappa shape index (κ3) is 3.49. The molecule has 0 saturated carbocycles. The van der Waals surface area contributed by atoms with Crippen LogP contribution >= 0.6 is 11.3 Å². The van der Waals surface area contributed by atoms with Crippen LogP contribution in [0.15, 0.2) is 45.4 Å². The molecule has 0 aliphatic carbocycles. The van der Waals surface area contributed by atoms with E-state index in [0.717, 1.165) is 11.3 Å². The van der Waals surface area contributed by atoms with Gasteiger partial charge in [-0.05, 0) is 24.3 Å². The van der Waals surface area contributed by atoms with Crippen LogP contribution in [-0.4, -0.2) is 21.0 Å². The highest BCUT2D eigenvalue weighted by molar-refractivity contribution is 7.16. The number of hydrogen-bond acceptors (Lipinski definition) is 8. The highest BCUT2D eigenvalue weighted by Crippen LogP contribution is 2.25. The molecular weight excluding hydrogens is 324 g/mol. The van der Waals surface area contributed by atoms with Crippen molar-refractivity contribution in [3.63, 3.8) is 0 Å². The maximum absolute atomic E-state index is 11.7. The summed E-state index contributed by atoms with van der Waals surface area (Å²) in [5.41, 5.74) is 0. The summed E-state index contributed by atoms with van der Waals surface area (Å²) in [5.74, 6) is 0.0262. The van der Waals surface area contributed by atoms with Gasteiger partial charge < -0.3 is 8.83 Å². The van der Waals surface area contributed by atoms with Crippen molar-refractivity contribution < 1.29 is 18.6 Å². The summed E-state index contributed by atoms with van der Waals surface area (Å²) in [6, 6.07) is 6.15. The molecule has 3 aromatic heterocycles. The normalized spacial score (nSPS) is 11.0. The van der Waals surface area contributed by atoms with E-state index in [4.69, 9.17) is 8.83 Å². The van der Waals surface area contributed by atoms with Gasteiger partial charge in [-0.2, -0.15) is 0 Å². The van der Waals surface area contributed by atoms with Crippen molar-refractivity contribution in [3.05, 3.63) is 51.6 Å². The maximum Gasteiger partial charge on any atom is 0.324 e. The second kappa shape index (κ2) is 6.23. The molecule has 0 saturated heterocycles. The summed E-state index contributed by atoms with van der Waals surface area (Å²) in [4.78, 5) is 22.4. The summed E-state index contributed by atoms with van der Waals surface area (Å²) in [6.45, 7) is 0. The van der Waals surface area contributed by atoms with E-state index in [2.05, 4.69) is 15.5 Å². The summed E-state index contributed by atoms with van der Waals surface area (Å²) < 4.78 is 10.3. The number of furan rings is 1. The lowest BCUT2D eigenvalue weighted by Crippen LogP contribution is -2.07. The van der Waals surface area contributed by atoms with E-state index >= 15 is 0 Å². The Bertz CT molecular complexity index is 865. The second-order valence-corrected chi connectivity index (χ2v) is 5.24. The van der Waals surface area contributed by atoms with Crippen molar-refractivity contribution in [2.45, 2.75) is 0 Å². The van der Waals surface area contributed by atoms with E-state index in [9.17, 15) is 14.9 Å². The predicted octanol–water partition coefficient (Wildman–Crippen LogP) is 2.95. The first-order valence-electron chi connectivity index (χ1n) is 6.22. The van der Waals surface area contributed by atoms with Crippen LogP contribution < -0.4 is 5.32 Å². The minimum atomic E-state index is -0.504. The standard InChI is InChI=1S/C13H8N4O5S/c18-10(5-3-8-4-6-11(23-8)17(19)20)14-13-16-15-12(22-13)9-2-1-7-21-9/h1-7H,(H,14,16,18)/b5-3+. The molecule has 10 heteroatoms. The zero-order valence-corrected chi connectivity index (χ0v) is 12.1. The Morgan fingerprint density at radius 2 is 2.22 bits per heavy atom. The number of nitro groups is 1. The molecule has 116 valence electrons. The monoisotopic (exact) mass is 332 g/mol. The van der Waals surface area contributed by atoms with Gasteiger partial charge in [-0.15, -0.1) is 5.10 Å². The number of hydrogen-bond donors (Lipinski definition) is 1. The molecule has 3 aromatic rings. The number of aromatic nitrogens is 2. The Hall–Kier alpha value is -3.27. The third-order valence-corrected chi connectivity index (χ3v) is 3.58. The van der Waals surface area contributed by atoms with Gasteiger partial charge in [0.25, 0.3) is 11.8 Å². The summed E-state index contributed by atoms with van der Waals surface area (Å²) in [6.07, 6.45) is 4.13. The molecule has 0 radical (unpaired) electrons. The van der Waals surface area contributed by atoms with Gasteiger partial charge in [0.05, 0.1) is 11.2 Å². The molecule has 0 fully saturated rings. The van der Waals surface area contributed by atoms with Crippen molar-refractivity contribution in [1.82, 2.24) is 10.2 Å². The van der Waals surface area contributed by atoms with Gasteiger partial charge in [-0.3, -0.25) is 20.2 Å². The molecular formula is C13H8N4O5S. The minimum absolute atomic E-state index is 0.00468. The molecule has 0 aromatic carbocycles. The fourth-order valence-electron chi connectivity index (χ4n) is 1.61. The number of carbonyl (C=O) groups is 1. The minimum Gasteiger partial charge on any atom is -0.459 e. The molecule has 1 amide bonds. The van der Waals surface area contributed by atoms with Crippen LogP contribution in [0.5, 0.6) is 0 Å². The molecule has 0 atom stereocenters. The van der Waals surface area contributed by atoms with Gasteiger partial charge in [0, 0.05) is 17.0 Å². The largest absolute Gasteiger partial charge is 0.459 e. The van der Waals surface area contributed by atoms with Crippen LogP contribution in [-0.2, 0) is 4.79 Å². The fraction of sp³-hybridized carbons (Fsp3) is 0. The third-order valence-electron chi connectivity index (χ3n) is 2.58. The molecule has 1 N–H and O–H groups in total. The van der Waals surface area contributed by atoms with Crippen molar-refractivity contribution in [2.24, 2.45) is 0 Å². The summed E-state index contributed by atoms with van der Waals surface area (Å²) in [5, 5.41) is 20.4. The van der Waals surface area contributed by atoms with E-state index in [-0.39, 0.29) is 16.9 Å². The molecule has 3 heterocycles. The van der Waals surface area contributed by atoms with Gasteiger partial charge >= 0.3 is 11.0 Å². The zero-order valence-electron chi connectivity index (χ0n) is 11.3. The first kappa shape index (κ1) is 14.7. The van der Waals surface area contributed by atoms with Gasteiger partial charge in [-0.25, -0.2) is 0 Å². The molecule has 0 bridgehead atoms.